The Balaban J connectivity index is 2.57. The predicted molar refractivity (Wildman–Crippen MR) is 45.3 cm³/mol. The van der Waals surface area contributed by atoms with E-state index in [1.54, 1.807) is 0 Å². The van der Waals surface area contributed by atoms with E-state index in [2.05, 4.69) is 4.65 Å². The molecule has 1 aliphatic heterocycles. The topological polar surface area (TPSA) is 56.2 Å². The monoisotopic (exact) mass is 228 g/mol. The first-order valence-corrected chi connectivity index (χ1v) is 4.30. The maximum atomic E-state index is 13.2. The summed E-state index contributed by atoms with van der Waals surface area (Å²) in [5.74, 6) is 0. The third kappa shape index (κ3) is 2.82. The van der Waals surface area contributed by atoms with Gasteiger partial charge in [-0.3, -0.25) is 4.90 Å². The molecule has 88 valence electrons. The van der Waals surface area contributed by atoms with Gasteiger partial charge in [-0.1, -0.05) is 0 Å². The van der Waals surface area contributed by atoms with Crippen LogP contribution in [0.2, 0.25) is 0 Å². The standard InChI is InChI=1S/C6H12BF3N2O3/c1-11-2-3-12(4-15-7(13)14)6(9,10)5(11)8/h5,13-14H,2-4H2,1H3. The number of hydrogen-bond acceptors (Lipinski definition) is 5. The Morgan fingerprint density at radius 1 is 1.47 bits per heavy atom. The molecule has 1 aliphatic rings. The normalized spacial score (nSPS) is 28.0. The summed E-state index contributed by atoms with van der Waals surface area (Å²) in [6.45, 7) is -0.739. The van der Waals surface area contributed by atoms with E-state index in [-0.39, 0.29) is 13.1 Å². The van der Waals surface area contributed by atoms with Gasteiger partial charge in [-0.2, -0.15) is 8.78 Å². The molecule has 0 amide bonds. The fourth-order valence-corrected chi connectivity index (χ4v) is 1.26. The second-order valence-electron chi connectivity index (χ2n) is 3.29. The van der Waals surface area contributed by atoms with Crippen molar-refractivity contribution in [1.82, 2.24) is 9.80 Å². The van der Waals surface area contributed by atoms with Crippen LogP contribution in [0.1, 0.15) is 0 Å². The second kappa shape index (κ2) is 4.66. The van der Waals surface area contributed by atoms with Gasteiger partial charge >= 0.3 is 13.4 Å². The highest BCUT2D eigenvalue weighted by Gasteiger charge is 2.51. The van der Waals surface area contributed by atoms with Gasteiger partial charge in [0.15, 0.2) is 0 Å². The smallest absolute Gasteiger partial charge is 0.402 e. The molecule has 0 bridgehead atoms. The van der Waals surface area contributed by atoms with Crippen LogP contribution in [0.5, 0.6) is 0 Å². The third-order valence-corrected chi connectivity index (χ3v) is 2.20. The minimum absolute atomic E-state index is 0.113. The molecule has 0 aromatic rings. The van der Waals surface area contributed by atoms with Crippen molar-refractivity contribution in [2.24, 2.45) is 0 Å². The first kappa shape index (κ1) is 12.7. The molecule has 0 aliphatic carbocycles. The van der Waals surface area contributed by atoms with Gasteiger partial charge in [0, 0.05) is 13.1 Å². The zero-order valence-electron chi connectivity index (χ0n) is 8.11. The highest BCUT2D eigenvalue weighted by atomic mass is 19.3. The van der Waals surface area contributed by atoms with Crippen LogP contribution in [0.3, 0.4) is 0 Å². The Labute approximate surface area is 85.2 Å². The van der Waals surface area contributed by atoms with E-state index in [1.807, 2.05) is 0 Å². The highest BCUT2D eigenvalue weighted by molar-refractivity contribution is 6.32. The van der Waals surface area contributed by atoms with Gasteiger partial charge in [0.2, 0.25) is 6.30 Å². The van der Waals surface area contributed by atoms with Gasteiger partial charge in [0.1, 0.15) is 0 Å². The van der Waals surface area contributed by atoms with Crippen molar-refractivity contribution >= 4 is 7.32 Å². The van der Waals surface area contributed by atoms with Crippen molar-refractivity contribution in [3.8, 4) is 0 Å². The van der Waals surface area contributed by atoms with Gasteiger partial charge in [-0.05, 0) is 7.05 Å². The molecule has 9 heteroatoms. The van der Waals surface area contributed by atoms with Crippen molar-refractivity contribution < 1.29 is 27.9 Å². The molecule has 15 heavy (non-hydrogen) atoms. The van der Waals surface area contributed by atoms with Crippen molar-refractivity contribution in [3.63, 3.8) is 0 Å². The highest BCUT2D eigenvalue weighted by Crippen LogP contribution is 2.31. The lowest BCUT2D eigenvalue weighted by Crippen LogP contribution is -2.61. The summed E-state index contributed by atoms with van der Waals surface area (Å²) in [6, 6.07) is -3.69. The van der Waals surface area contributed by atoms with Gasteiger partial charge in [0.25, 0.3) is 0 Å². The number of nitrogens with zero attached hydrogens (tertiary/aromatic N) is 2. The molecule has 1 heterocycles. The number of alkyl halides is 3. The molecule has 1 unspecified atom stereocenters. The largest absolute Gasteiger partial charge is 0.634 e. The van der Waals surface area contributed by atoms with Crippen molar-refractivity contribution in [1.29, 1.82) is 0 Å². The summed E-state index contributed by atoms with van der Waals surface area (Å²) in [5, 5.41) is 16.7. The maximum absolute atomic E-state index is 13.2. The Morgan fingerprint density at radius 3 is 2.60 bits per heavy atom. The van der Waals surface area contributed by atoms with E-state index in [1.165, 1.54) is 7.05 Å². The van der Waals surface area contributed by atoms with Crippen LogP contribution < -0.4 is 0 Å². The Bertz CT molecular complexity index is 222. The second-order valence-corrected chi connectivity index (χ2v) is 3.29. The molecule has 0 aromatic heterocycles. The average Bonchev–Trinajstić information content (AvgIpc) is 2.13. The Hall–Kier alpha value is -0.345. The molecule has 0 radical (unpaired) electrons. The van der Waals surface area contributed by atoms with Gasteiger partial charge in [-0.25, -0.2) is 9.29 Å². The fraction of sp³-hybridized carbons (Fsp3) is 1.00. The molecule has 5 nitrogen and oxygen atoms in total. The molecule has 0 aromatic carbocycles. The van der Waals surface area contributed by atoms with E-state index in [0.717, 1.165) is 4.90 Å². The van der Waals surface area contributed by atoms with Crippen molar-refractivity contribution in [2.75, 3.05) is 26.9 Å². The summed E-state index contributed by atoms with van der Waals surface area (Å²) in [7, 11) is -0.893. The van der Waals surface area contributed by atoms with Crippen LogP contribution in [-0.4, -0.2) is 66.4 Å². The van der Waals surface area contributed by atoms with Crippen molar-refractivity contribution in [2.45, 2.75) is 12.3 Å². The number of halogens is 3. The lowest BCUT2D eigenvalue weighted by atomic mass is 10.2. The molecule has 0 saturated carbocycles. The first-order valence-electron chi connectivity index (χ1n) is 4.30. The summed E-state index contributed by atoms with van der Waals surface area (Å²) in [6.07, 6.45) is -2.43. The fourth-order valence-electron chi connectivity index (χ4n) is 1.26. The van der Waals surface area contributed by atoms with E-state index in [9.17, 15) is 13.2 Å². The van der Waals surface area contributed by atoms with Crippen LogP contribution in [0, 0.1) is 0 Å². The van der Waals surface area contributed by atoms with Crippen LogP contribution in [-0.2, 0) is 4.65 Å². The molecule has 0 spiro atoms. The number of hydrogen-bond donors (Lipinski definition) is 2. The molecule has 1 rings (SSSR count). The summed E-state index contributed by atoms with van der Waals surface area (Å²) >= 11 is 0. The molecule has 1 atom stereocenters. The first-order chi connectivity index (χ1) is 6.85. The summed E-state index contributed by atoms with van der Waals surface area (Å²) in [4.78, 5) is 1.29. The summed E-state index contributed by atoms with van der Waals surface area (Å²) < 4.78 is 43.7. The van der Waals surface area contributed by atoms with Gasteiger partial charge < -0.3 is 14.7 Å². The molecular weight excluding hydrogens is 216 g/mol. The summed E-state index contributed by atoms with van der Waals surface area (Å²) in [5.41, 5.74) is 0. The number of piperazine rings is 1. The molecule has 1 saturated heterocycles. The number of rotatable bonds is 3. The lowest BCUT2D eigenvalue weighted by Gasteiger charge is -2.41. The van der Waals surface area contributed by atoms with Crippen LogP contribution in [0.4, 0.5) is 13.2 Å². The van der Waals surface area contributed by atoms with Crippen molar-refractivity contribution in [3.05, 3.63) is 0 Å². The quantitative estimate of drug-likeness (QED) is 0.482. The van der Waals surface area contributed by atoms with Crippen LogP contribution in [0.25, 0.3) is 0 Å². The lowest BCUT2D eigenvalue weighted by molar-refractivity contribution is -0.264. The molecular formula is C6H12BF3N2O3. The SMILES string of the molecule is CN1CCN(COB(O)O)C(F)(F)C1F. The van der Waals surface area contributed by atoms with E-state index in [4.69, 9.17) is 10.0 Å². The van der Waals surface area contributed by atoms with Gasteiger partial charge in [-0.15, -0.1) is 0 Å². The minimum atomic E-state index is -3.69. The maximum Gasteiger partial charge on any atom is 0.634 e. The van der Waals surface area contributed by atoms with E-state index in [0.29, 0.717) is 4.90 Å². The van der Waals surface area contributed by atoms with Gasteiger partial charge in [0.05, 0.1) is 6.73 Å². The Kier molecular flexibility index (Phi) is 3.96. The van der Waals surface area contributed by atoms with Crippen LogP contribution in [0.15, 0.2) is 0 Å². The zero-order valence-corrected chi connectivity index (χ0v) is 8.11. The average molecular weight is 228 g/mol. The molecule has 1 fully saturated rings. The van der Waals surface area contributed by atoms with E-state index < -0.39 is 26.4 Å². The van der Waals surface area contributed by atoms with Crippen LogP contribution >= 0.6 is 0 Å². The Morgan fingerprint density at radius 2 is 2.07 bits per heavy atom. The predicted octanol–water partition coefficient (Wildman–Crippen LogP) is -0.934. The zero-order chi connectivity index (χ0) is 11.6. The third-order valence-electron chi connectivity index (χ3n) is 2.20. The molecule has 2 N–H and O–H groups in total. The number of likely N-dealkylation sites (N-methyl/N-ethyl adjacent to an activating group) is 1. The van der Waals surface area contributed by atoms with E-state index >= 15 is 0 Å². The minimum Gasteiger partial charge on any atom is -0.402 e.